The van der Waals surface area contributed by atoms with E-state index in [0.29, 0.717) is 11.6 Å². The number of rotatable bonds is 7. The number of aliphatic hydroxyl groups excluding tert-OH is 1. The van der Waals surface area contributed by atoms with Crippen molar-refractivity contribution < 1.29 is 9.84 Å². The van der Waals surface area contributed by atoms with E-state index in [4.69, 9.17) is 22.1 Å². The lowest BCUT2D eigenvalue weighted by Crippen LogP contribution is -2.26. The lowest BCUT2D eigenvalue weighted by Gasteiger charge is -2.23. The number of unbranched alkanes of at least 4 members (excludes halogenated alkanes) is 1. The van der Waals surface area contributed by atoms with Gasteiger partial charge in [0.15, 0.2) is 0 Å². The van der Waals surface area contributed by atoms with Gasteiger partial charge in [0.25, 0.3) is 0 Å². The van der Waals surface area contributed by atoms with Gasteiger partial charge in [-0.3, -0.25) is 0 Å². The van der Waals surface area contributed by atoms with Crippen molar-refractivity contribution in [3.63, 3.8) is 0 Å². The van der Waals surface area contributed by atoms with Crippen LogP contribution in [0.2, 0.25) is 5.02 Å². The van der Waals surface area contributed by atoms with Gasteiger partial charge in [0.05, 0.1) is 13.2 Å². The molecule has 2 atom stereocenters. The van der Waals surface area contributed by atoms with Crippen LogP contribution < -0.4 is 10.5 Å². The first kappa shape index (κ1) is 15.3. The summed E-state index contributed by atoms with van der Waals surface area (Å²) in [5.74, 6) is 0.593. The standard InChI is InChI=1S/C14H22ClNO2/c1-3-4-5-13(17)12(9-16)11-8-10(15)6-7-14(11)18-2/h6-8,12-13,17H,3-5,9,16H2,1-2H3. The van der Waals surface area contributed by atoms with Crippen molar-refractivity contribution >= 4 is 11.6 Å². The van der Waals surface area contributed by atoms with E-state index in [2.05, 4.69) is 6.92 Å². The van der Waals surface area contributed by atoms with E-state index in [1.807, 2.05) is 12.1 Å². The van der Waals surface area contributed by atoms with Gasteiger partial charge in [0, 0.05) is 23.0 Å². The normalized spacial score (nSPS) is 14.3. The molecule has 3 nitrogen and oxygen atoms in total. The second-order valence-electron chi connectivity index (χ2n) is 4.44. The van der Waals surface area contributed by atoms with Gasteiger partial charge in [-0.25, -0.2) is 0 Å². The Labute approximate surface area is 114 Å². The Morgan fingerprint density at radius 3 is 2.72 bits per heavy atom. The van der Waals surface area contributed by atoms with E-state index < -0.39 is 6.10 Å². The van der Waals surface area contributed by atoms with Crippen LogP contribution in [0.15, 0.2) is 18.2 Å². The molecule has 0 radical (unpaired) electrons. The molecular weight excluding hydrogens is 250 g/mol. The number of halogens is 1. The van der Waals surface area contributed by atoms with E-state index in [9.17, 15) is 5.11 Å². The van der Waals surface area contributed by atoms with E-state index in [-0.39, 0.29) is 5.92 Å². The van der Waals surface area contributed by atoms with Crippen LogP contribution in [0.25, 0.3) is 0 Å². The highest BCUT2D eigenvalue weighted by atomic mass is 35.5. The topological polar surface area (TPSA) is 55.5 Å². The molecule has 0 spiro atoms. The Morgan fingerprint density at radius 2 is 2.17 bits per heavy atom. The van der Waals surface area contributed by atoms with Crippen molar-refractivity contribution in [2.45, 2.75) is 38.2 Å². The van der Waals surface area contributed by atoms with Gasteiger partial charge >= 0.3 is 0 Å². The van der Waals surface area contributed by atoms with Crippen LogP contribution in [0.4, 0.5) is 0 Å². The van der Waals surface area contributed by atoms with Crippen LogP contribution in [0.3, 0.4) is 0 Å². The highest BCUT2D eigenvalue weighted by Gasteiger charge is 2.22. The van der Waals surface area contributed by atoms with Crippen LogP contribution in [-0.4, -0.2) is 24.9 Å². The molecule has 0 saturated carbocycles. The molecule has 1 rings (SSSR count). The van der Waals surface area contributed by atoms with Crippen LogP contribution in [0, 0.1) is 0 Å². The minimum absolute atomic E-state index is 0.134. The quantitative estimate of drug-likeness (QED) is 0.802. The fourth-order valence-electron chi connectivity index (χ4n) is 2.10. The number of ether oxygens (including phenoxy) is 1. The molecule has 0 saturated heterocycles. The Bertz CT molecular complexity index is 371. The number of hydrogen-bond acceptors (Lipinski definition) is 3. The Hall–Kier alpha value is -0.770. The molecule has 0 aliphatic rings. The average Bonchev–Trinajstić information content (AvgIpc) is 2.37. The van der Waals surface area contributed by atoms with Gasteiger partial charge in [0.1, 0.15) is 5.75 Å². The second kappa shape index (κ2) is 7.62. The maximum Gasteiger partial charge on any atom is 0.122 e. The smallest absolute Gasteiger partial charge is 0.122 e. The lowest BCUT2D eigenvalue weighted by molar-refractivity contribution is 0.132. The Kier molecular flexibility index (Phi) is 6.47. The molecule has 0 bridgehead atoms. The highest BCUT2D eigenvalue weighted by Crippen LogP contribution is 2.32. The van der Waals surface area contributed by atoms with Gasteiger partial charge < -0.3 is 15.6 Å². The third-order valence-electron chi connectivity index (χ3n) is 3.16. The molecule has 0 aliphatic carbocycles. The molecule has 18 heavy (non-hydrogen) atoms. The number of hydrogen-bond donors (Lipinski definition) is 2. The summed E-state index contributed by atoms with van der Waals surface area (Å²) < 4.78 is 5.31. The summed E-state index contributed by atoms with van der Waals surface area (Å²) in [4.78, 5) is 0. The van der Waals surface area contributed by atoms with Crippen LogP contribution in [0.5, 0.6) is 5.75 Å². The Balaban J connectivity index is 2.96. The van der Waals surface area contributed by atoms with E-state index >= 15 is 0 Å². The maximum absolute atomic E-state index is 10.2. The van der Waals surface area contributed by atoms with Crippen molar-refractivity contribution in [3.8, 4) is 5.75 Å². The van der Waals surface area contributed by atoms with Crippen molar-refractivity contribution in [1.29, 1.82) is 0 Å². The van der Waals surface area contributed by atoms with Crippen molar-refractivity contribution in [3.05, 3.63) is 28.8 Å². The van der Waals surface area contributed by atoms with E-state index in [1.165, 1.54) is 0 Å². The maximum atomic E-state index is 10.2. The second-order valence-corrected chi connectivity index (χ2v) is 4.87. The number of benzene rings is 1. The fourth-order valence-corrected chi connectivity index (χ4v) is 2.28. The van der Waals surface area contributed by atoms with Gasteiger partial charge in [-0.15, -0.1) is 0 Å². The molecule has 1 aromatic rings. The molecular formula is C14H22ClNO2. The molecule has 0 fully saturated rings. The first-order valence-electron chi connectivity index (χ1n) is 6.35. The molecule has 4 heteroatoms. The average molecular weight is 272 g/mol. The molecule has 102 valence electrons. The van der Waals surface area contributed by atoms with Gasteiger partial charge in [-0.1, -0.05) is 31.4 Å². The largest absolute Gasteiger partial charge is 0.496 e. The fraction of sp³-hybridized carbons (Fsp3) is 0.571. The SMILES string of the molecule is CCCCC(O)C(CN)c1cc(Cl)ccc1OC. The predicted octanol–water partition coefficient (Wildman–Crippen LogP) is 2.94. The van der Waals surface area contributed by atoms with E-state index in [0.717, 1.165) is 30.6 Å². The minimum atomic E-state index is -0.456. The highest BCUT2D eigenvalue weighted by molar-refractivity contribution is 6.30. The first-order valence-corrected chi connectivity index (χ1v) is 6.73. The van der Waals surface area contributed by atoms with Gasteiger partial charge in [-0.2, -0.15) is 0 Å². The monoisotopic (exact) mass is 271 g/mol. The van der Waals surface area contributed by atoms with Crippen molar-refractivity contribution in [1.82, 2.24) is 0 Å². The molecule has 0 aromatic heterocycles. The van der Waals surface area contributed by atoms with Crippen molar-refractivity contribution in [2.75, 3.05) is 13.7 Å². The zero-order valence-electron chi connectivity index (χ0n) is 11.0. The van der Waals surface area contributed by atoms with Crippen LogP contribution >= 0.6 is 11.6 Å². The first-order chi connectivity index (χ1) is 8.63. The van der Waals surface area contributed by atoms with Crippen LogP contribution in [-0.2, 0) is 0 Å². The number of methoxy groups -OCH3 is 1. The third kappa shape index (κ3) is 3.87. The zero-order chi connectivity index (χ0) is 13.5. The summed E-state index contributed by atoms with van der Waals surface area (Å²) in [7, 11) is 1.61. The summed E-state index contributed by atoms with van der Waals surface area (Å²) in [6.07, 6.45) is 2.33. The summed E-state index contributed by atoms with van der Waals surface area (Å²) in [5.41, 5.74) is 6.68. The molecule has 2 unspecified atom stereocenters. The number of nitrogens with two attached hydrogens (primary N) is 1. The Morgan fingerprint density at radius 1 is 1.44 bits per heavy atom. The minimum Gasteiger partial charge on any atom is -0.496 e. The van der Waals surface area contributed by atoms with Crippen molar-refractivity contribution in [2.24, 2.45) is 5.73 Å². The van der Waals surface area contributed by atoms with E-state index in [1.54, 1.807) is 13.2 Å². The summed E-state index contributed by atoms with van der Waals surface area (Å²) in [5, 5.41) is 10.9. The summed E-state index contributed by atoms with van der Waals surface area (Å²) >= 11 is 6.01. The molecule has 0 aliphatic heterocycles. The molecule has 0 heterocycles. The lowest BCUT2D eigenvalue weighted by atomic mass is 9.90. The summed E-state index contributed by atoms with van der Waals surface area (Å²) in [6.45, 7) is 2.48. The molecule has 1 aromatic carbocycles. The molecule has 0 amide bonds. The predicted molar refractivity (Wildman–Crippen MR) is 75.3 cm³/mol. The third-order valence-corrected chi connectivity index (χ3v) is 3.40. The van der Waals surface area contributed by atoms with Crippen LogP contribution in [0.1, 0.15) is 37.7 Å². The zero-order valence-corrected chi connectivity index (χ0v) is 11.8. The summed E-state index contributed by atoms with van der Waals surface area (Å²) in [6, 6.07) is 5.41. The van der Waals surface area contributed by atoms with Gasteiger partial charge in [0.2, 0.25) is 0 Å². The number of aliphatic hydroxyl groups is 1. The molecule has 3 N–H and O–H groups in total. The van der Waals surface area contributed by atoms with Gasteiger partial charge in [-0.05, 0) is 24.6 Å².